The van der Waals surface area contributed by atoms with Crippen LogP contribution in [-0.4, -0.2) is 6.54 Å². The Morgan fingerprint density at radius 3 is 2.44 bits per heavy atom. The first-order valence-corrected chi connectivity index (χ1v) is 8.98. The Hall–Kier alpha value is -2.47. The van der Waals surface area contributed by atoms with E-state index in [0.717, 1.165) is 30.3 Å². The minimum atomic E-state index is -4.38. The summed E-state index contributed by atoms with van der Waals surface area (Å²) in [5, 5.41) is 6.58. The summed E-state index contributed by atoms with van der Waals surface area (Å²) in [6.07, 6.45) is -1.59. The zero-order valence-corrected chi connectivity index (χ0v) is 15.6. The second kappa shape index (κ2) is 9.46. The number of hydrogen-bond acceptors (Lipinski definition) is 3. The van der Waals surface area contributed by atoms with E-state index in [-0.39, 0.29) is 18.2 Å². The van der Waals surface area contributed by atoms with Gasteiger partial charge in [0.15, 0.2) is 0 Å². The van der Waals surface area contributed by atoms with Crippen molar-refractivity contribution in [2.75, 3.05) is 11.9 Å². The van der Waals surface area contributed by atoms with Gasteiger partial charge >= 0.3 is 6.18 Å². The third-order valence-electron chi connectivity index (χ3n) is 4.13. The van der Waals surface area contributed by atoms with Gasteiger partial charge in [-0.15, -0.1) is 0 Å². The lowest BCUT2D eigenvalue weighted by atomic mass is 10.0. The SMILES string of the molecule is CCCNc1ccccc1C(/C=C(/C)N)NCc1ccccc1C(F)(F)F. The standard InChI is InChI=1S/C21H26F3N3/c1-3-12-26-19-11-7-5-9-17(19)20(13-15(2)25)27-14-16-8-4-6-10-18(16)21(22,23)24/h4-11,13,20,26-27H,3,12,14,25H2,1-2H3/b15-13-. The maximum Gasteiger partial charge on any atom is 0.416 e. The molecular weight excluding hydrogens is 351 g/mol. The summed E-state index contributed by atoms with van der Waals surface area (Å²) in [6.45, 7) is 4.72. The monoisotopic (exact) mass is 377 g/mol. The van der Waals surface area contributed by atoms with Crippen molar-refractivity contribution >= 4 is 5.69 Å². The molecule has 0 aliphatic heterocycles. The predicted molar refractivity (Wildman–Crippen MR) is 104 cm³/mol. The average Bonchev–Trinajstić information content (AvgIpc) is 2.63. The van der Waals surface area contributed by atoms with Crippen LogP contribution in [0, 0.1) is 0 Å². The number of halogens is 3. The fraction of sp³-hybridized carbons (Fsp3) is 0.333. The van der Waals surface area contributed by atoms with Crippen LogP contribution < -0.4 is 16.4 Å². The maximum atomic E-state index is 13.2. The van der Waals surface area contributed by atoms with Gasteiger partial charge in [-0.25, -0.2) is 0 Å². The molecule has 0 aromatic heterocycles. The number of hydrogen-bond donors (Lipinski definition) is 3. The first-order valence-electron chi connectivity index (χ1n) is 8.98. The van der Waals surface area contributed by atoms with Crippen molar-refractivity contribution in [2.45, 2.75) is 39.0 Å². The molecule has 0 heterocycles. The number of anilines is 1. The van der Waals surface area contributed by atoms with Crippen LogP contribution in [0.15, 0.2) is 60.3 Å². The highest BCUT2D eigenvalue weighted by atomic mass is 19.4. The van der Waals surface area contributed by atoms with Gasteiger partial charge in [0.1, 0.15) is 0 Å². The predicted octanol–water partition coefficient (Wildman–Crippen LogP) is 5.22. The van der Waals surface area contributed by atoms with Crippen LogP contribution in [0.4, 0.5) is 18.9 Å². The molecule has 0 fully saturated rings. The Balaban J connectivity index is 2.29. The highest BCUT2D eigenvalue weighted by Gasteiger charge is 2.32. The van der Waals surface area contributed by atoms with Crippen LogP contribution in [-0.2, 0) is 12.7 Å². The van der Waals surface area contributed by atoms with E-state index in [4.69, 9.17) is 5.73 Å². The summed E-state index contributed by atoms with van der Waals surface area (Å²) in [6, 6.07) is 13.0. The van der Waals surface area contributed by atoms with Crippen LogP contribution in [0.1, 0.15) is 43.0 Å². The van der Waals surface area contributed by atoms with E-state index < -0.39 is 11.7 Å². The van der Waals surface area contributed by atoms with Crippen molar-refractivity contribution in [3.8, 4) is 0 Å². The van der Waals surface area contributed by atoms with Crippen LogP contribution >= 0.6 is 0 Å². The van der Waals surface area contributed by atoms with Gasteiger partial charge in [0.05, 0.1) is 11.6 Å². The van der Waals surface area contributed by atoms with Crippen molar-refractivity contribution in [2.24, 2.45) is 5.73 Å². The number of rotatable bonds is 8. The average molecular weight is 377 g/mol. The van der Waals surface area contributed by atoms with E-state index in [9.17, 15) is 13.2 Å². The fourth-order valence-corrected chi connectivity index (χ4v) is 2.88. The van der Waals surface area contributed by atoms with Crippen LogP contribution in [0.25, 0.3) is 0 Å². The zero-order chi connectivity index (χ0) is 19.9. The van der Waals surface area contributed by atoms with Crippen molar-refractivity contribution in [1.29, 1.82) is 0 Å². The molecule has 0 saturated carbocycles. The van der Waals surface area contributed by atoms with Crippen LogP contribution in [0.5, 0.6) is 0 Å². The van der Waals surface area contributed by atoms with Gasteiger partial charge in [0.25, 0.3) is 0 Å². The molecule has 6 heteroatoms. The minimum Gasteiger partial charge on any atom is -0.402 e. The Labute approximate surface area is 158 Å². The lowest BCUT2D eigenvalue weighted by molar-refractivity contribution is -0.138. The Morgan fingerprint density at radius 2 is 1.78 bits per heavy atom. The lowest BCUT2D eigenvalue weighted by Gasteiger charge is -2.21. The molecule has 0 amide bonds. The number of benzene rings is 2. The maximum absolute atomic E-state index is 13.2. The highest BCUT2D eigenvalue weighted by Crippen LogP contribution is 2.32. The fourth-order valence-electron chi connectivity index (χ4n) is 2.88. The van der Waals surface area contributed by atoms with Gasteiger partial charge in [-0.3, -0.25) is 0 Å². The molecule has 27 heavy (non-hydrogen) atoms. The third kappa shape index (κ3) is 6.03. The molecule has 0 bridgehead atoms. The molecular formula is C21H26F3N3. The minimum absolute atomic E-state index is 0.0756. The molecule has 2 aromatic rings. The van der Waals surface area contributed by atoms with Gasteiger partial charge in [-0.2, -0.15) is 13.2 Å². The smallest absolute Gasteiger partial charge is 0.402 e. The Kier molecular flexibility index (Phi) is 7.30. The molecule has 0 aliphatic carbocycles. The van der Waals surface area contributed by atoms with E-state index >= 15 is 0 Å². The molecule has 146 valence electrons. The quantitative estimate of drug-likeness (QED) is 0.591. The molecule has 0 radical (unpaired) electrons. The third-order valence-corrected chi connectivity index (χ3v) is 4.13. The van der Waals surface area contributed by atoms with Crippen molar-refractivity contribution in [1.82, 2.24) is 5.32 Å². The normalized spacial score (nSPS) is 13.4. The van der Waals surface area contributed by atoms with Crippen molar-refractivity contribution in [3.05, 3.63) is 77.0 Å². The second-order valence-corrected chi connectivity index (χ2v) is 6.44. The number of nitrogens with one attached hydrogen (secondary N) is 2. The van der Waals surface area contributed by atoms with E-state index in [1.54, 1.807) is 13.0 Å². The van der Waals surface area contributed by atoms with Gasteiger partial charge in [0.2, 0.25) is 0 Å². The molecule has 1 atom stereocenters. The molecule has 0 spiro atoms. The van der Waals surface area contributed by atoms with E-state index in [1.807, 2.05) is 30.3 Å². The van der Waals surface area contributed by atoms with Gasteiger partial charge in [-0.05, 0) is 42.7 Å². The second-order valence-electron chi connectivity index (χ2n) is 6.44. The summed E-state index contributed by atoms with van der Waals surface area (Å²) in [5.74, 6) is 0. The van der Waals surface area contributed by atoms with Crippen LogP contribution in [0.3, 0.4) is 0 Å². The zero-order valence-electron chi connectivity index (χ0n) is 15.6. The molecule has 2 aromatic carbocycles. The number of alkyl halides is 3. The molecule has 2 rings (SSSR count). The summed E-state index contributed by atoms with van der Waals surface area (Å²) < 4.78 is 39.7. The number of allylic oxidation sites excluding steroid dienone is 1. The molecule has 0 saturated heterocycles. The number of nitrogens with two attached hydrogens (primary N) is 1. The first-order chi connectivity index (χ1) is 12.8. The van der Waals surface area contributed by atoms with E-state index in [1.165, 1.54) is 12.1 Å². The summed E-state index contributed by atoms with van der Waals surface area (Å²) in [4.78, 5) is 0. The van der Waals surface area contributed by atoms with Crippen molar-refractivity contribution in [3.63, 3.8) is 0 Å². The topological polar surface area (TPSA) is 50.1 Å². The van der Waals surface area contributed by atoms with Gasteiger partial charge in [-0.1, -0.05) is 43.3 Å². The summed E-state index contributed by atoms with van der Waals surface area (Å²) in [7, 11) is 0. The van der Waals surface area contributed by atoms with Crippen LogP contribution in [0.2, 0.25) is 0 Å². The highest BCUT2D eigenvalue weighted by molar-refractivity contribution is 5.53. The largest absolute Gasteiger partial charge is 0.416 e. The Morgan fingerprint density at radius 1 is 1.11 bits per heavy atom. The molecule has 4 N–H and O–H groups in total. The van der Waals surface area contributed by atoms with E-state index in [0.29, 0.717) is 5.70 Å². The van der Waals surface area contributed by atoms with Gasteiger partial charge < -0.3 is 16.4 Å². The summed E-state index contributed by atoms with van der Waals surface area (Å²) >= 11 is 0. The first kappa shape index (κ1) is 20.8. The Bertz CT molecular complexity index is 765. The number of para-hydroxylation sites is 1. The lowest BCUT2D eigenvalue weighted by Crippen LogP contribution is -2.23. The molecule has 3 nitrogen and oxygen atoms in total. The van der Waals surface area contributed by atoms with E-state index in [2.05, 4.69) is 17.6 Å². The van der Waals surface area contributed by atoms with Gasteiger partial charge in [0, 0.05) is 24.5 Å². The molecule has 1 unspecified atom stereocenters. The van der Waals surface area contributed by atoms with Crippen molar-refractivity contribution < 1.29 is 13.2 Å². The molecule has 0 aliphatic rings. The summed E-state index contributed by atoms with van der Waals surface area (Å²) in [5.41, 5.74) is 7.94.